The molecule has 9 heteroatoms. The third-order valence-electron chi connectivity index (χ3n) is 5.20. The first kappa shape index (κ1) is 21.6. The van der Waals surface area contributed by atoms with E-state index in [9.17, 15) is 13.2 Å². The molecule has 2 aromatic carbocycles. The van der Waals surface area contributed by atoms with E-state index in [0.717, 1.165) is 0 Å². The number of rotatable bonds is 4. The molecule has 4 rings (SSSR count). The summed E-state index contributed by atoms with van der Waals surface area (Å²) in [5.41, 5.74) is 0.362. The molecule has 3 aromatic rings. The van der Waals surface area contributed by atoms with Crippen LogP contribution in [0.1, 0.15) is 31.7 Å². The number of ether oxygens (including phenoxy) is 2. The molecule has 1 N–H and O–H groups in total. The summed E-state index contributed by atoms with van der Waals surface area (Å²) in [5, 5.41) is 0.443. The lowest BCUT2D eigenvalue weighted by Gasteiger charge is -2.38. The van der Waals surface area contributed by atoms with Crippen LogP contribution in [-0.2, 0) is 14.8 Å². The van der Waals surface area contributed by atoms with Gasteiger partial charge in [-0.2, -0.15) is 0 Å². The number of nitrogens with zero attached hydrogens (tertiary/aromatic N) is 1. The normalized spacial score (nSPS) is 17.5. The lowest BCUT2D eigenvalue weighted by molar-refractivity contribution is -0.122. The van der Waals surface area contributed by atoms with Gasteiger partial charge in [-0.05, 0) is 66.2 Å². The Bertz CT molecular complexity index is 1290. The van der Waals surface area contributed by atoms with E-state index in [2.05, 4.69) is 25.6 Å². The highest BCUT2D eigenvalue weighted by atomic mass is 79.9. The average Bonchev–Trinajstić information content (AvgIpc) is 2.72. The molecule has 7 nitrogen and oxygen atoms in total. The van der Waals surface area contributed by atoms with Crippen LogP contribution in [0.4, 0.5) is 0 Å². The third kappa shape index (κ3) is 3.99. The zero-order valence-corrected chi connectivity index (χ0v) is 19.6. The Labute approximate surface area is 189 Å². The summed E-state index contributed by atoms with van der Waals surface area (Å²) in [5.74, 6) is -0.493. The molecule has 0 saturated heterocycles. The smallest absolute Gasteiger partial charge is 0.264 e. The second-order valence-electron chi connectivity index (χ2n) is 7.91. The number of hydrogen-bond acceptors (Lipinski definition) is 6. The van der Waals surface area contributed by atoms with Crippen molar-refractivity contribution in [2.45, 2.75) is 36.7 Å². The zero-order chi connectivity index (χ0) is 22.4. The van der Waals surface area contributed by atoms with Gasteiger partial charge in [-0.3, -0.25) is 9.78 Å². The number of fused-ring (bicyclic) bond motifs is 2. The average molecular weight is 505 g/mol. The molecular formula is C22H21BrN2O5S. The minimum atomic E-state index is -4.14. The maximum Gasteiger partial charge on any atom is 0.264 e. The molecule has 0 spiro atoms. The summed E-state index contributed by atoms with van der Waals surface area (Å²) in [6.07, 6.45) is 1.87. The first-order valence-corrected chi connectivity index (χ1v) is 11.9. The van der Waals surface area contributed by atoms with Crippen LogP contribution in [0.15, 0.2) is 58.0 Å². The highest BCUT2D eigenvalue weighted by Crippen LogP contribution is 2.49. The fraction of sp³-hybridized carbons (Fsp3) is 0.273. The van der Waals surface area contributed by atoms with Crippen molar-refractivity contribution in [2.24, 2.45) is 0 Å². The minimum absolute atomic E-state index is 0.000740. The number of aromatic nitrogens is 1. The van der Waals surface area contributed by atoms with Gasteiger partial charge in [0.05, 0.1) is 27.9 Å². The summed E-state index contributed by atoms with van der Waals surface area (Å²) in [6, 6.07) is 11.6. The number of halogens is 1. The van der Waals surface area contributed by atoms with E-state index in [0.29, 0.717) is 32.4 Å². The number of hydrogen-bond donors (Lipinski definition) is 1. The number of carbonyl (C=O) groups is 1. The van der Waals surface area contributed by atoms with Gasteiger partial charge >= 0.3 is 0 Å². The van der Waals surface area contributed by atoms with Crippen LogP contribution in [0, 0.1) is 0 Å². The first-order chi connectivity index (χ1) is 14.6. The van der Waals surface area contributed by atoms with Gasteiger partial charge in [0.2, 0.25) is 5.91 Å². The van der Waals surface area contributed by atoms with Crippen LogP contribution >= 0.6 is 15.9 Å². The Kier molecular flexibility index (Phi) is 5.43. The van der Waals surface area contributed by atoms with Gasteiger partial charge in [0.15, 0.2) is 0 Å². The minimum Gasteiger partial charge on any atom is -0.496 e. The summed E-state index contributed by atoms with van der Waals surface area (Å²) in [6.45, 7) is 3.71. The fourth-order valence-electron chi connectivity index (χ4n) is 3.87. The SMILES string of the molecule is COc1ccc(Br)c2c1[C@@H](C(=O)NS(=O)(=O)c1cccc3ncccc13)CC(C)(C)O2. The topological polar surface area (TPSA) is 94.6 Å². The predicted octanol–water partition coefficient (Wildman–Crippen LogP) is 4.16. The molecule has 1 atom stereocenters. The van der Waals surface area contributed by atoms with Crippen LogP contribution in [0.3, 0.4) is 0 Å². The van der Waals surface area contributed by atoms with E-state index < -0.39 is 27.4 Å². The van der Waals surface area contributed by atoms with Gasteiger partial charge < -0.3 is 9.47 Å². The standard InChI is InChI=1S/C22H21BrN2O5S/c1-22(2)12-14(19-17(29-3)10-9-15(23)20(19)30-22)21(26)25-31(27,28)18-8-4-7-16-13(18)6-5-11-24-16/h4-11,14H,12H2,1-3H3,(H,25,26)/t14-/m0/s1. The van der Waals surface area contributed by atoms with Crippen molar-refractivity contribution in [3.8, 4) is 11.5 Å². The monoisotopic (exact) mass is 504 g/mol. The molecule has 0 bridgehead atoms. The van der Waals surface area contributed by atoms with E-state index in [4.69, 9.17) is 9.47 Å². The van der Waals surface area contributed by atoms with Crippen molar-refractivity contribution in [3.05, 3.63) is 58.7 Å². The Morgan fingerprint density at radius 3 is 2.74 bits per heavy atom. The summed E-state index contributed by atoms with van der Waals surface area (Å²) < 4.78 is 40.8. The second-order valence-corrected chi connectivity index (χ2v) is 10.4. The number of carbonyl (C=O) groups excluding carboxylic acids is 1. The first-order valence-electron chi connectivity index (χ1n) is 9.59. The Morgan fingerprint density at radius 2 is 2.00 bits per heavy atom. The second kappa shape index (κ2) is 7.80. The molecule has 0 radical (unpaired) electrons. The molecule has 1 aliphatic rings. The molecule has 0 fully saturated rings. The van der Waals surface area contributed by atoms with Gasteiger partial charge in [0, 0.05) is 23.6 Å². The maximum atomic E-state index is 13.3. The maximum absolute atomic E-state index is 13.3. The number of nitrogens with one attached hydrogen (secondary N) is 1. The molecule has 1 amide bonds. The van der Waals surface area contributed by atoms with E-state index >= 15 is 0 Å². The number of amides is 1. The van der Waals surface area contributed by atoms with E-state index in [-0.39, 0.29) is 11.3 Å². The van der Waals surface area contributed by atoms with Gasteiger partial charge in [0.25, 0.3) is 10.0 Å². The quantitative estimate of drug-likeness (QED) is 0.573. The van der Waals surface area contributed by atoms with E-state index in [1.807, 2.05) is 13.8 Å². The zero-order valence-electron chi connectivity index (χ0n) is 17.2. The Balaban J connectivity index is 1.76. The van der Waals surface area contributed by atoms with Crippen molar-refractivity contribution in [2.75, 3.05) is 7.11 Å². The number of pyridine rings is 1. The molecule has 2 heterocycles. The molecule has 1 aliphatic heterocycles. The lowest BCUT2D eigenvalue weighted by Crippen LogP contribution is -2.42. The molecule has 1 aromatic heterocycles. The molecule has 0 saturated carbocycles. The van der Waals surface area contributed by atoms with Gasteiger partial charge in [-0.1, -0.05) is 6.07 Å². The molecule has 162 valence electrons. The van der Waals surface area contributed by atoms with Gasteiger partial charge in [-0.25, -0.2) is 13.1 Å². The molecular weight excluding hydrogens is 484 g/mol. The summed E-state index contributed by atoms with van der Waals surface area (Å²) in [4.78, 5) is 17.5. The van der Waals surface area contributed by atoms with Gasteiger partial charge in [0.1, 0.15) is 17.1 Å². The van der Waals surface area contributed by atoms with Crippen LogP contribution in [-0.4, -0.2) is 32.0 Å². The molecule has 31 heavy (non-hydrogen) atoms. The van der Waals surface area contributed by atoms with Crippen LogP contribution < -0.4 is 14.2 Å². The van der Waals surface area contributed by atoms with Crippen molar-refractivity contribution < 1.29 is 22.7 Å². The van der Waals surface area contributed by atoms with Crippen LogP contribution in [0.5, 0.6) is 11.5 Å². The molecule has 0 unspecified atom stereocenters. The third-order valence-corrected chi connectivity index (χ3v) is 7.23. The summed E-state index contributed by atoms with van der Waals surface area (Å²) >= 11 is 3.46. The van der Waals surface area contributed by atoms with Crippen molar-refractivity contribution in [1.29, 1.82) is 0 Å². The fourth-order valence-corrected chi connectivity index (χ4v) is 5.53. The van der Waals surface area contributed by atoms with E-state index in [1.165, 1.54) is 13.2 Å². The van der Waals surface area contributed by atoms with E-state index in [1.54, 1.807) is 42.6 Å². The highest BCUT2D eigenvalue weighted by molar-refractivity contribution is 9.10. The number of sulfonamides is 1. The van der Waals surface area contributed by atoms with Crippen molar-refractivity contribution in [3.63, 3.8) is 0 Å². The Hall–Kier alpha value is -2.65. The Morgan fingerprint density at radius 1 is 1.23 bits per heavy atom. The largest absolute Gasteiger partial charge is 0.496 e. The van der Waals surface area contributed by atoms with Crippen molar-refractivity contribution in [1.82, 2.24) is 9.71 Å². The predicted molar refractivity (Wildman–Crippen MR) is 120 cm³/mol. The highest BCUT2D eigenvalue weighted by Gasteiger charge is 2.41. The van der Waals surface area contributed by atoms with Crippen LogP contribution in [0.25, 0.3) is 10.9 Å². The molecule has 0 aliphatic carbocycles. The van der Waals surface area contributed by atoms with Gasteiger partial charge in [-0.15, -0.1) is 0 Å². The van der Waals surface area contributed by atoms with Crippen molar-refractivity contribution >= 4 is 42.8 Å². The number of benzene rings is 2. The van der Waals surface area contributed by atoms with Crippen LogP contribution in [0.2, 0.25) is 0 Å². The summed E-state index contributed by atoms with van der Waals surface area (Å²) in [7, 11) is -2.64. The lowest BCUT2D eigenvalue weighted by atomic mass is 9.83. The number of methoxy groups -OCH3 is 1.